The van der Waals surface area contributed by atoms with Crippen LogP contribution >= 0.6 is 12.6 Å². The zero-order valence-electron chi connectivity index (χ0n) is 8.03. The van der Waals surface area contributed by atoms with Crippen LogP contribution in [0, 0.1) is 11.8 Å². The van der Waals surface area contributed by atoms with Gasteiger partial charge in [0, 0.05) is 17.7 Å². The fraction of sp³-hybridized carbons (Fsp3) is 0.182. The molecule has 0 radical (unpaired) electrons. The molecule has 0 saturated heterocycles. The van der Waals surface area contributed by atoms with Gasteiger partial charge in [0.05, 0.1) is 11.3 Å². The molecule has 0 unspecified atom stereocenters. The number of carboxylic acid groups (broad SMARTS) is 1. The Morgan fingerprint density at radius 1 is 1.53 bits per heavy atom. The van der Waals surface area contributed by atoms with Gasteiger partial charge in [0.15, 0.2) is 0 Å². The van der Waals surface area contributed by atoms with Crippen LogP contribution in [-0.4, -0.2) is 16.8 Å². The van der Waals surface area contributed by atoms with E-state index in [0.717, 1.165) is 0 Å². The zero-order chi connectivity index (χ0) is 11.3. The van der Waals surface area contributed by atoms with Gasteiger partial charge in [-0.2, -0.15) is 12.6 Å². The monoisotopic (exact) mass is 221 g/mol. The highest BCUT2D eigenvalue weighted by Gasteiger charge is 2.08. The molecule has 15 heavy (non-hydrogen) atoms. The molecule has 0 aliphatic carbocycles. The lowest BCUT2D eigenvalue weighted by Gasteiger charge is -2.01. The van der Waals surface area contributed by atoms with Gasteiger partial charge < -0.3 is 10.8 Å². The number of benzene rings is 1. The molecule has 0 spiro atoms. The minimum atomic E-state index is -1.04. The second-order valence-corrected chi connectivity index (χ2v) is 3.29. The molecule has 0 fully saturated rings. The maximum absolute atomic E-state index is 10.8. The van der Waals surface area contributed by atoms with Crippen molar-refractivity contribution in [2.75, 3.05) is 11.5 Å². The predicted octanol–water partition coefficient (Wildman–Crippen LogP) is 1.64. The van der Waals surface area contributed by atoms with Gasteiger partial charge in [-0.05, 0) is 12.1 Å². The molecule has 3 nitrogen and oxygen atoms in total. The summed E-state index contributed by atoms with van der Waals surface area (Å²) in [6.45, 7) is 0. The van der Waals surface area contributed by atoms with Crippen molar-refractivity contribution in [3.8, 4) is 11.8 Å². The van der Waals surface area contributed by atoms with E-state index in [4.69, 9.17) is 10.8 Å². The number of aromatic carboxylic acids is 1. The van der Waals surface area contributed by atoms with Gasteiger partial charge in [-0.1, -0.05) is 17.9 Å². The summed E-state index contributed by atoms with van der Waals surface area (Å²) in [7, 11) is 0. The van der Waals surface area contributed by atoms with Crippen molar-refractivity contribution in [2.24, 2.45) is 0 Å². The first kappa shape index (κ1) is 11.5. The second-order valence-electron chi connectivity index (χ2n) is 2.85. The summed E-state index contributed by atoms with van der Waals surface area (Å²) in [5.41, 5.74) is 6.53. The van der Waals surface area contributed by atoms with Crippen LogP contribution in [0.4, 0.5) is 5.69 Å². The van der Waals surface area contributed by atoms with E-state index < -0.39 is 5.97 Å². The Morgan fingerprint density at radius 3 is 2.87 bits per heavy atom. The van der Waals surface area contributed by atoms with Crippen LogP contribution in [0.15, 0.2) is 18.2 Å². The molecule has 1 aromatic rings. The number of anilines is 1. The fourth-order valence-electron chi connectivity index (χ4n) is 1.07. The van der Waals surface area contributed by atoms with E-state index in [2.05, 4.69) is 24.5 Å². The first-order chi connectivity index (χ1) is 7.16. The van der Waals surface area contributed by atoms with E-state index in [1.54, 1.807) is 12.1 Å². The molecular formula is C11H11NO2S. The summed E-state index contributed by atoms with van der Waals surface area (Å²) < 4.78 is 0. The molecular weight excluding hydrogens is 210 g/mol. The number of para-hydroxylation sites is 1. The normalized spacial score (nSPS) is 9.13. The third kappa shape index (κ3) is 2.93. The number of rotatable bonds is 2. The standard InChI is InChI=1S/C11H11NO2S/c12-10-8(4-1-2-7-15)5-3-6-9(10)11(13)14/h3,5-6,15H,2,7,12H2,(H,13,14). The van der Waals surface area contributed by atoms with Gasteiger partial charge in [0.2, 0.25) is 0 Å². The van der Waals surface area contributed by atoms with Gasteiger partial charge in [-0.15, -0.1) is 0 Å². The van der Waals surface area contributed by atoms with Gasteiger partial charge in [0.1, 0.15) is 0 Å². The second kappa shape index (κ2) is 5.32. The Kier molecular flexibility index (Phi) is 4.07. The van der Waals surface area contributed by atoms with Crippen LogP contribution in [0.5, 0.6) is 0 Å². The topological polar surface area (TPSA) is 63.3 Å². The lowest BCUT2D eigenvalue weighted by atomic mass is 10.1. The lowest BCUT2D eigenvalue weighted by molar-refractivity contribution is 0.0698. The zero-order valence-corrected chi connectivity index (χ0v) is 8.92. The van der Waals surface area contributed by atoms with Crippen LogP contribution < -0.4 is 5.73 Å². The first-order valence-electron chi connectivity index (χ1n) is 4.38. The predicted molar refractivity (Wildman–Crippen MR) is 63.2 cm³/mol. The minimum absolute atomic E-state index is 0.0904. The quantitative estimate of drug-likeness (QED) is 0.404. The largest absolute Gasteiger partial charge is 0.478 e. The van der Waals surface area contributed by atoms with Crippen LogP contribution in [0.3, 0.4) is 0 Å². The van der Waals surface area contributed by atoms with E-state index in [0.29, 0.717) is 17.7 Å². The number of nitrogen functional groups attached to an aromatic ring is 1. The van der Waals surface area contributed by atoms with Crippen LogP contribution in [0.1, 0.15) is 22.3 Å². The van der Waals surface area contributed by atoms with E-state index in [1.807, 2.05) is 0 Å². The summed E-state index contributed by atoms with van der Waals surface area (Å²) >= 11 is 4.02. The Balaban J connectivity index is 3.06. The highest BCUT2D eigenvalue weighted by Crippen LogP contribution is 2.16. The number of thiol groups is 1. The molecule has 0 bridgehead atoms. The summed E-state index contributed by atoms with van der Waals surface area (Å²) in [4.78, 5) is 10.8. The number of carboxylic acids is 1. The highest BCUT2D eigenvalue weighted by molar-refractivity contribution is 7.80. The summed E-state index contributed by atoms with van der Waals surface area (Å²) in [6.07, 6.45) is 0.653. The summed E-state index contributed by atoms with van der Waals surface area (Å²) in [5.74, 6) is 5.32. The van der Waals surface area contributed by atoms with Crippen molar-refractivity contribution in [1.82, 2.24) is 0 Å². The van der Waals surface area contributed by atoms with Crippen LogP contribution in [0.25, 0.3) is 0 Å². The number of nitrogens with two attached hydrogens (primary N) is 1. The first-order valence-corrected chi connectivity index (χ1v) is 5.01. The minimum Gasteiger partial charge on any atom is -0.478 e. The molecule has 0 aliphatic heterocycles. The van der Waals surface area contributed by atoms with Crippen molar-refractivity contribution >= 4 is 24.3 Å². The Hall–Kier alpha value is -1.60. The summed E-state index contributed by atoms with van der Waals surface area (Å²) in [6, 6.07) is 4.79. The molecule has 0 atom stereocenters. The van der Waals surface area contributed by atoms with Gasteiger partial charge in [0.25, 0.3) is 0 Å². The molecule has 0 heterocycles. The number of hydrogen-bond acceptors (Lipinski definition) is 3. The maximum Gasteiger partial charge on any atom is 0.337 e. The third-order valence-corrected chi connectivity index (χ3v) is 2.02. The molecule has 0 amide bonds. The Labute approximate surface area is 93.7 Å². The Morgan fingerprint density at radius 2 is 2.27 bits per heavy atom. The average Bonchev–Trinajstić information content (AvgIpc) is 2.20. The molecule has 4 heteroatoms. The third-order valence-electron chi connectivity index (χ3n) is 1.80. The van der Waals surface area contributed by atoms with Crippen molar-refractivity contribution < 1.29 is 9.90 Å². The van der Waals surface area contributed by atoms with Gasteiger partial charge in [-0.3, -0.25) is 0 Å². The van der Waals surface area contributed by atoms with E-state index in [-0.39, 0.29) is 11.3 Å². The Bertz CT molecular complexity index is 432. The SMILES string of the molecule is Nc1c(C#CCCS)cccc1C(=O)O. The smallest absolute Gasteiger partial charge is 0.337 e. The fourth-order valence-corrected chi connectivity index (χ4v) is 1.19. The molecule has 78 valence electrons. The highest BCUT2D eigenvalue weighted by atomic mass is 32.1. The van der Waals surface area contributed by atoms with Gasteiger partial charge in [-0.25, -0.2) is 4.79 Å². The average molecular weight is 221 g/mol. The van der Waals surface area contributed by atoms with Crippen molar-refractivity contribution in [3.05, 3.63) is 29.3 Å². The van der Waals surface area contributed by atoms with Crippen molar-refractivity contribution in [2.45, 2.75) is 6.42 Å². The molecule has 0 aliphatic rings. The molecule has 0 aromatic heterocycles. The van der Waals surface area contributed by atoms with E-state index in [1.165, 1.54) is 6.07 Å². The molecule has 1 rings (SSSR count). The molecule has 0 saturated carbocycles. The molecule has 3 N–H and O–H groups in total. The van der Waals surface area contributed by atoms with Crippen molar-refractivity contribution in [1.29, 1.82) is 0 Å². The van der Waals surface area contributed by atoms with E-state index in [9.17, 15) is 4.79 Å². The van der Waals surface area contributed by atoms with Gasteiger partial charge >= 0.3 is 5.97 Å². The van der Waals surface area contributed by atoms with E-state index >= 15 is 0 Å². The molecule has 1 aromatic carbocycles. The lowest BCUT2D eigenvalue weighted by Crippen LogP contribution is -2.03. The number of carbonyl (C=O) groups is 1. The van der Waals surface area contributed by atoms with Crippen LogP contribution in [-0.2, 0) is 0 Å². The summed E-state index contributed by atoms with van der Waals surface area (Å²) in [5, 5.41) is 8.82. The maximum atomic E-state index is 10.8. The number of hydrogen-bond donors (Lipinski definition) is 3. The van der Waals surface area contributed by atoms with Crippen LogP contribution in [0.2, 0.25) is 0 Å². The van der Waals surface area contributed by atoms with Crippen molar-refractivity contribution in [3.63, 3.8) is 0 Å².